The van der Waals surface area contributed by atoms with Gasteiger partial charge in [0, 0.05) is 25.5 Å². The third kappa shape index (κ3) is 3.66. The van der Waals surface area contributed by atoms with Crippen molar-refractivity contribution < 1.29 is 4.42 Å². The zero-order chi connectivity index (χ0) is 13.8. The largest absolute Gasteiger partial charge is 0.451 e. The van der Waals surface area contributed by atoms with Gasteiger partial charge >= 0.3 is 0 Å². The van der Waals surface area contributed by atoms with Gasteiger partial charge in [-0.3, -0.25) is 9.88 Å². The lowest BCUT2D eigenvalue weighted by Crippen LogP contribution is -2.29. The second-order valence-electron chi connectivity index (χ2n) is 4.30. The first kappa shape index (κ1) is 14.7. The summed E-state index contributed by atoms with van der Waals surface area (Å²) in [6.45, 7) is 1.26. The highest BCUT2D eigenvalue weighted by Gasteiger charge is 2.20. The molecule has 0 aliphatic carbocycles. The van der Waals surface area contributed by atoms with E-state index in [0.717, 1.165) is 22.3 Å². The van der Waals surface area contributed by atoms with Crippen LogP contribution in [0.4, 0.5) is 0 Å². The molecule has 2 N–H and O–H groups in total. The molecule has 1 atom stereocenters. The van der Waals surface area contributed by atoms with Crippen LogP contribution in [0.3, 0.4) is 0 Å². The number of halogens is 2. The molecule has 2 aromatic heterocycles. The highest BCUT2D eigenvalue weighted by molar-refractivity contribution is 9.13. The number of likely N-dealkylation sites (N-methyl/N-ethyl adjacent to an activating group) is 1. The molecule has 0 amide bonds. The molecule has 0 aliphatic rings. The van der Waals surface area contributed by atoms with Crippen LogP contribution in [-0.2, 0) is 6.54 Å². The summed E-state index contributed by atoms with van der Waals surface area (Å²) < 4.78 is 7.25. The smallest absolute Gasteiger partial charge is 0.183 e. The molecule has 0 aromatic carbocycles. The summed E-state index contributed by atoms with van der Waals surface area (Å²) in [4.78, 5) is 6.27. The minimum atomic E-state index is 0.0304. The Bertz CT molecular complexity index is 510. The maximum absolute atomic E-state index is 5.87. The zero-order valence-electron chi connectivity index (χ0n) is 10.5. The van der Waals surface area contributed by atoms with Crippen LogP contribution in [-0.4, -0.2) is 23.5 Å². The van der Waals surface area contributed by atoms with Crippen molar-refractivity contribution in [2.75, 3.05) is 13.6 Å². The van der Waals surface area contributed by atoms with Gasteiger partial charge in [0.25, 0.3) is 0 Å². The van der Waals surface area contributed by atoms with Crippen molar-refractivity contribution in [2.45, 2.75) is 12.6 Å². The fraction of sp³-hybridized carbons (Fsp3) is 0.308. The number of nitrogens with two attached hydrogens (primary N) is 1. The van der Waals surface area contributed by atoms with E-state index in [9.17, 15) is 0 Å². The Morgan fingerprint density at radius 2 is 2.26 bits per heavy atom. The van der Waals surface area contributed by atoms with Gasteiger partial charge < -0.3 is 10.2 Å². The average Bonchev–Trinajstić information content (AvgIpc) is 2.71. The van der Waals surface area contributed by atoms with Crippen LogP contribution in [0.1, 0.15) is 17.4 Å². The molecular formula is C13H15Br2N3O. The lowest BCUT2D eigenvalue weighted by molar-refractivity contribution is 0.211. The van der Waals surface area contributed by atoms with Gasteiger partial charge in [-0.05, 0) is 56.6 Å². The lowest BCUT2D eigenvalue weighted by Gasteiger charge is -2.25. The molecule has 2 heterocycles. The number of nitrogens with zero attached hydrogens (tertiary/aromatic N) is 2. The van der Waals surface area contributed by atoms with Crippen LogP contribution >= 0.6 is 31.9 Å². The summed E-state index contributed by atoms with van der Waals surface area (Å²) in [5.74, 6) is 0.840. The molecule has 0 fully saturated rings. The Labute approximate surface area is 129 Å². The van der Waals surface area contributed by atoms with Gasteiger partial charge in [0.15, 0.2) is 4.67 Å². The van der Waals surface area contributed by atoms with Crippen molar-refractivity contribution >= 4 is 31.9 Å². The number of rotatable bonds is 5. The summed E-state index contributed by atoms with van der Waals surface area (Å²) in [7, 11) is 2.02. The van der Waals surface area contributed by atoms with E-state index in [-0.39, 0.29) is 6.04 Å². The van der Waals surface area contributed by atoms with Crippen molar-refractivity contribution in [3.8, 4) is 0 Å². The van der Waals surface area contributed by atoms with Crippen molar-refractivity contribution in [3.63, 3.8) is 0 Å². The fourth-order valence-electron chi connectivity index (χ4n) is 1.93. The van der Waals surface area contributed by atoms with Gasteiger partial charge in [-0.2, -0.15) is 0 Å². The van der Waals surface area contributed by atoms with Crippen LogP contribution in [0, 0.1) is 0 Å². The maximum atomic E-state index is 5.87. The van der Waals surface area contributed by atoms with E-state index < -0.39 is 0 Å². The van der Waals surface area contributed by atoms with Gasteiger partial charge in [-0.25, -0.2) is 0 Å². The molecule has 4 nitrogen and oxygen atoms in total. The van der Waals surface area contributed by atoms with Crippen molar-refractivity contribution in [1.82, 2.24) is 9.88 Å². The lowest BCUT2D eigenvalue weighted by atomic mass is 10.1. The molecule has 6 heteroatoms. The standard InChI is InChI=1S/C13H15Br2N3O/c1-18(8-9-3-2-4-17-7-9)11(6-16)12-5-10(14)13(15)19-12/h2-5,7,11H,6,8,16H2,1H3. The van der Waals surface area contributed by atoms with Crippen LogP contribution in [0.25, 0.3) is 0 Å². The topological polar surface area (TPSA) is 55.3 Å². The van der Waals surface area contributed by atoms with Crippen molar-refractivity contribution in [1.29, 1.82) is 0 Å². The van der Waals surface area contributed by atoms with Crippen LogP contribution in [0.5, 0.6) is 0 Å². The predicted molar refractivity (Wildman–Crippen MR) is 81.6 cm³/mol. The van der Waals surface area contributed by atoms with Crippen LogP contribution < -0.4 is 5.73 Å². The summed E-state index contributed by atoms with van der Waals surface area (Å²) in [5, 5.41) is 0. The number of hydrogen-bond acceptors (Lipinski definition) is 4. The second kappa shape index (κ2) is 6.65. The number of furan rings is 1. The third-order valence-electron chi connectivity index (χ3n) is 2.90. The highest BCUT2D eigenvalue weighted by Crippen LogP contribution is 2.31. The quantitative estimate of drug-likeness (QED) is 0.853. The molecule has 19 heavy (non-hydrogen) atoms. The van der Waals surface area contributed by atoms with Gasteiger partial charge in [-0.15, -0.1) is 0 Å². The molecule has 0 radical (unpaired) electrons. The first-order valence-electron chi connectivity index (χ1n) is 5.85. The van der Waals surface area contributed by atoms with Crippen LogP contribution in [0.15, 0.2) is 44.2 Å². The molecular weight excluding hydrogens is 374 g/mol. The van der Waals surface area contributed by atoms with Gasteiger partial charge in [0.1, 0.15) is 5.76 Å². The Hall–Kier alpha value is -0.690. The van der Waals surface area contributed by atoms with E-state index in [1.807, 2.05) is 31.4 Å². The first-order chi connectivity index (χ1) is 9.11. The number of aromatic nitrogens is 1. The fourth-order valence-corrected chi connectivity index (χ4v) is 2.54. The summed E-state index contributed by atoms with van der Waals surface area (Å²) >= 11 is 6.77. The number of hydrogen-bond donors (Lipinski definition) is 1. The summed E-state index contributed by atoms with van der Waals surface area (Å²) in [6.07, 6.45) is 3.63. The Balaban J connectivity index is 2.13. The zero-order valence-corrected chi connectivity index (χ0v) is 13.7. The van der Waals surface area contributed by atoms with E-state index in [1.165, 1.54) is 0 Å². The average molecular weight is 389 g/mol. The molecule has 0 spiro atoms. The molecule has 0 saturated heterocycles. The normalized spacial score (nSPS) is 12.9. The SMILES string of the molecule is CN(Cc1cccnc1)C(CN)c1cc(Br)c(Br)o1. The Morgan fingerprint density at radius 3 is 2.79 bits per heavy atom. The second-order valence-corrected chi connectivity index (χ2v) is 5.87. The van der Waals surface area contributed by atoms with Gasteiger partial charge in [-0.1, -0.05) is 6.07 Å². The molecule has 0 aliphatic heterocycles. The summed E-state index contributed by atoms with van der Waals surface area (Å²) in [6, 6.07) is 5.95. The van der Waals surface area contributed by atoms with E-state index in [2.05, 4.69) is 41.7 Å². The van der Waals surface area contributed by atoms with E-state index in [0.29, 0.717) is 11.2 Å². The highest BCUT2D eigenvalue weighted by atomic mass is 79.9. The Morgan fingerprint density at radius 1 is 1.47 bits per heavy atom. The third-order valence-corrected chi connectivity index (χ3v) is 4.61. The summed E-state index contributed by atoms with van der Waals surface area (Å²) in [5.41, 5.74) is 7.02. The van der Waals surface area contributed by atoms with Gasteiger partial charge in [0.05, 0.1) is 10.5 Å². The van der Waals surface area contributed by atoms with Gasteiger partial charge in [0.2, 0.25) is 0 Å². The van der Waals surface area contributed by atoms with E-state index >= 15 is 0 Å². The monoisotopic (exact) mass is 387 g/mol. The van der Waals surface area contributed by atoms with Crippen molar-refractivity contribution in [2.24, 2.45) is 5.73 Å². The predicted octanol–water partition coefficient (Wildman–Crippen LogP) is 3.33. The Kier molecular flexibility index (Phi) is 5.15. The first-order valence-corrected chi connectivity index (χ1v) is 7.44. The van der Waals surface area contributed by atoms with Crippen molar-refractivity contribution in [3.05, 3.63) is 51.1 Å². The van der Waals surface area contributed by atoms with Crippen LogP contribution in [0.2, 0.25) is 0 Å². The minimum absolute atomic E-state index is 0.0304. The number of pyridine rings is 1. The molecule has 2 aromatic rings. The molecule has 102 valence electrons. The van der Waals surface area contributed by atoms with E-state index in [1.54, 1.807) is 6.20 Å². The molecule has 1 unspecified atom stereocenters. The maximum Gasteiger partial charge on any atom is 0.183 e. The molecule has 2 rings (SSSR count). The van der Waals surface area contributed by atoms with E-state index in [4.69, 9.17) is 10.2 Å². The molecule has 0 bridgehead atoms. The molecule has 0 saturated carbocycles. The minimum Gasteiger partial charge on any atom is -0.451 e.